The van der Waals surface area contributed by atoms with Gasteiger partial charge in [0.15, 0.2) is 5.82 Å². The molecule has 1 aliphatic heterocycles. The highest BCUT2D eigenvalue weighted by atomic mass is 16.2. The van der Waals surface area contributed by atoms with Crippen molar-refractivity contribution in [3.05, 3.63) is 47.5 Å². The lowest BCUT2D eigenvalue weighted by Crippen LogP contribution is -2.49. The van der Waals surface area contributed by atoms with Gasteiger partial charge in [-0.25, -0.2) is 0 Å². The van der Waals surface area contributed by atoms with Crippen LogP contribution in [0.5, 0.6) is 0 Å². The lowest BCUT2D eigenvalue weighted by molar-refractivity contribution is 0.0746. The minimum Gasteiger partial charge on any atom is -0.369 e. The molecular formula is C18H20N6O. The number of benzene rings is 1. The molecule has 1 fully saturated rings. The number of rotatable bonds is 4. The van der Waals surface area contributed by atoms with Gasteiger partial charge in [-0.2, -0.15) is 5.26 Å². The van der Waals surface area contributed by atoms with Gasteiger partial charge < -0.3 is 15.1 Å². The van der Waals surface area contributed by atoms with Gasteiger partial charge in [-0.05, 0) is 37.3 Å². The average Bonchev–Trinajstić information content (AvgIpc) is 2.68. The first-order chi connectivity index (χ1) is 12.2. The van der Waals surface area contributed by atoms with E-state index in [9.17, 15) is 4.79 Å². The van der Waals surface area contributed by atoms with Gasteiger partial charge in [-0.15, -0.1) is 10.2 Å². The third-order valence-electron chi connectivity index (χ3n) is 4.14. The van der Waals surface area contributed by atoms with Gasteiger partial charge in [-0.1, -0.05) is 6.07 Å². The number of hydrogen-bond acceptors (Lipinski definition) is 6. The van der Waals surface area contributed by atoms with Crippen molar-refractivity contribution in [2.24, 2.45) is 0 Å². The van der Waals surface area contributed by atoms with Crippen molar-refractivity contribution in [1.29, 1.82) is 5.26 Å². The first kappa shape index (κ1) is 16.7. The van der Waals surface area contributed by atoms with E-state index in [2.05, 4.69) is 26.5 Å². The van der Waals surface area contributed by atoms with Crippen molar-refractivity contribution in [1.82, 2.24) is 15.1 Å². The van der Waals surface area contributed by atoms with E-state index in [1.165, 1.54) is 0 Å². The van der Waals surface area contributed by atoms with Crippen LogP contribution in [0.3, 0.4) is 0 Å². The smallest absolute Gasteiger partial charge is 0.254 e. The summed E-state index contributed by atoms with van der Waals surface area (Å²) in [4.78, 5) is 16.5. The second kappa shape index (κ2) is 7.62. The topological polar surface area (TPSA) is 85.1 Å². The fourth-order valence-corrected chi connectivity index (χ4v) is 2.81. The highest BCUT2D eigenvalue weighted by Crippen LogP contribution is 2.16. The molecule has 1 N–H and O–H groups in total. The standard InChI is InChI=1S/C18H20N6O/c1-2-20-16-6-7-17(22-21-16)23-8-10-24(11-9-23)18(25)15-5-3-4-14(12-15)13-19/h3-7,12H,2,8-11H2,1H3,(H,20,21). The molecule has 128 valence electrons. The van der Waals surface area contributed by atoms with Crippen molar-refractivity contribution >= 4 is 17.5 Å². The normalized spacial score (nSPS) is 14.1. The minimum atomic E-state index is -0.0367. The SMILES string of the molecule is CCNc1ccc(N2CCN(C(=O)c3cccc(C#N)c3)CC2)nn1. The maximum absolute atomic E-state index is 12.6. The summed E-state index contributed by atoms with van der Waals surface area (Å²) in [5, 5.41) is 20.5. The van der Waals surface area contributed by atoms with Crippen molar-refractivity contribution in [2.75, 3.05) is 42.9 Å². The predicted octanol–water partition coefficient (Wildman–Crippen LogP) is 1.74. The Kier molecular flexibility index (Phi) is 5.09. The highest BCUT2D eigenvalue weighted by molar-refractivity contribution is 5.94. The van der Waals surface area contributed by atoms with E-state index >= 15 is 0 Å². The van der Waals surface area contributed by atoms with Gasteiger partial charge in [0.1, 0.15) is 5.82 Å². The number of carbonyl (C=O) groups excluding carboxylic acids is 1. The molecule has 0 unspecified atom stereocenters. The molecule has 25 heavy (non-hydrogen) atoms. The summed E-state index contributed by atoms with van der Waals surface area (Å²) in [6.07, 6.45) is 0. The molecule has 0 bridgehead atoms. The lowest BCUT2D eigenvalue weighted by Gasteiger charge is -2.35. The molecule has 1 saturated heterocycles. The van der Waals surface area contributed by atoms with Gasteiger partial charge in [0.25, 0.3) is 5.91 Å². The zero-order valence-electron chi connectivity index (χ0n) is 14.1. The van der Waals surface area contributed by atoms with Gasteiger partial charge >= 0.3 is 0 Å². The van der Waals surface area contributed by atoms with E-state index in [4.69, 9.17) is 5.26 Å². The molecule has 1 amide bonds. The number of nitrogens with one attached hydrogen (secondary N) is 1. The van der Waals surface area contributed by atoms with E-state index in [1.54, 1.807) is 24.3 Å². The first-order valence-corrected chi connectivity index (χ1v) is 8.33. The second-order valence-electron chi connectivity index (χ2n) is 5.78. The molecule has 0 aliphatic carbocycles. The molecule has 3 rings (SSSR count). The van der Waals surface area contributed by atoms with E-state index in [0.29, 0.717) is 37.3 Å². The quantitative estimate of drug-likeness (QED) is 0.915. The third-order valence-corrected chi connectivity index (χ3v) is 4.14. The predicted molar refractivity (Wildman–Crippen MR) is 95.5 cm³/mol. The Bertz CT molecular complexity index is 775. The first-order valence-electron chi connectivity index (χ1n) is 8.33. The van der Waals surface area contributed by atoms with Gasteiger partial charge in [0, 0.05) is 38.3 Å². The number of nitrogens with zero attached hydrogens (tertiary/aromatic N) is 5. The number of aromatic nitrogens is 2. The maximum Gasteiger partial charge on any atom is 0.254 e. The molecule has 0 saturated carbocycles. The van der Waals surface area contributed by atoms with Gasteiger partial charge in [0.05, 0.1) is 11.6 Å². The molecule has 7 heteroatoms. The number of amides is 1. The van der Waals surface area contributed by atoms with Crippen molar-refractivity contribution in [3.8, 4) is 6.07 Å². The van der Waals surface area contributed by atoms with Crippen LogP contribution < -0.4 is 10.2 Å². The minimum absolute atomic E-state index is 0.0367. The van der Waals surface area contributed by atoms with Crippen LogP contribution in [-0.4, -0.2) is 53.7 Å². The van der Waals surface area contributed by atoms with E-state index in [1.807, 2.05) is 24.0 Å². The Morgan fingerprint density at radius 2 is 2.00 bits per heavy atom. The molecule has 2 heterocycles. The summed E-state index contributed by atoms with van der Waals surface area (Å²) in [6, 6.07) is 12.8. The van der Waals surface area contributed by atoms with E-state index in [0.717, 1.165) is 18.2 Å². The lowest BCUT2D eigenvalue weighted by atomic mass is 10.1. The fraction of sp³-hybridized carbons (Fsp3) is 0.333. The van der Waals surface area contributed by atoms with Gasteiger partial charge in [-0.3, -0.25) is 4.79 Å². The van der Waals surface area contributed by atoms with Crippen LogP contribution in [0.1, 0.15) is 22.8 Å². The highest BCUT2D eigenvalue weighted by Gasteiger charge is 2.23. The average molecular weight is 336 g/mol. The fourth-order valence-electron chi connectivity index (χ4n) is 2.81. The Morgan fingerprint density at radius 3 is 2.64 bits per heavy atom. The number of anilines is 2. The van der Waals surface area contributed by atoms with Crippen molar-refractivity contribution < 1.29 is 4.79 Å². The maximum atomic E-state index is 12.6. The summed E-state index contributed by atoms with van der Waals surface area (Å²) in [5.41, 5.74) is 1.06. The Labute approximate surface area is 146 Å². The number of carbonyl (C=O) groups is 1. The monoisotopic (exact) mass is 336 g/mol. The van der Waals surface area contributed by atoms with Crippen molar-refractivity contribution in [2.45, 2.75) is 6.92 Å². The molecule has 1 aromatic carbocycles. The number of hydrogen-bond donors (Lipinski definition) is 1. The summed E-state index contributed by atoms with van der Waals surface area (Å²) in [5.74, 6) is 1.54. The van der Waals surface area contributed by atoms with Crippen molar-refractivity contribution in [3.63, 3.8) is 0 Å². The molecule has 1 aromatic heterocycles. The summed E-state index contributed by atoms with van der Waals surface area (Å²) < 4.78 is 0. The Balaban J connectivity index is 1.61. The third kappa shape index (κ3) is 3.86. The zero-order valence-corrected chi connectivity index (χ0v) is 14.1. The summed E-state index contributed by atoms with van der Waals surface area (Å²) in [7, 11) is 0. The number of piperazine rings is 1. The summed E-state index contributed by atoms with van der Waals surface area (Å²) in [6.45, 7) is 5.47. The Morgan fingerprint density at radius 1 is 1.20 bits per heavy atom. The molecule has 1 aliphatic rings. The molecule has 2 aromatic rings. The molecule has 0 spiro atoms. The van der Waals surface area contributed by atoms with Crippen LogP contribution >= 0.6 is 0 Å². The zero-order chi connectivity index (χ0) is 17.6. The molecular weight excluding hydrogens is 316 g/mol. The molecule has 0 atom stereocenters. The molecule has 7 nitrogen and oxygen atoms in total. The van der Waals surface area contributed by atoms with Crippen LogP contribution in [0, 0.1) is 11.3 Å². The van der Waals surface area contributed by atoms with Crippen LogP contribution in [0.4, 0.5) is 11.6 Å². The van der Waals surface area contributed by atoms with Crippen LogP contribution in [0.2, 0.25) is 0 Å². The number of nitriles is 1. The largest absolute Gasteiger partial charge is 0.369 e. The Hall–Kier alpha value is -3.14. The second-order valence-corrected chi connectivity index (χ2v) is 5.78. The van der Waals surface area contributed by atoms with Gasteiger partial charge in [0.2, 0.25) is 0 Å². The van der Waals surface area contributed by atoms with Crippen LogP contribution in [-0.2, 0) is 0 Å². The summed E-state index contributed by atoms with van der Waals surface area (Å²) >= 11 is 0. The van der Waals surface area contributed by atoms with E-state index in [-0.39, 0.29) is 5.91 Å². The van der Waals surface area contributed by atoms with E-state index < -0.39 is 0 Å². The van der Waals surface area contributed by atoms with Crippen LogP contribution in [0.25, 0.3) is 0 Å². The van der Waals surface area contributed by atoms with Crippen LogP contribution in [0.15, 0.2) is 36.4 Å². The molecule has 0 radical (unpaired) electrons.